The van der Waals surface area contributed by atoms with Crippen LogP contribution in [-0.4, -0.2) is 31.2 Å². The number of nitriles is 1. The van der Waals surface area contributed by atoms with Crippen LogP contribution >= 0.6 is 0 Å². The van der Waals surface area contributed by atoms with Crippen molar-refractivity contribution in [3.8, 4) is 6.07 Å². The fraction of sp³-hybridized carbons (Fsp3) is 0.533. The third-order valence-electron chi connectivity index (χ3n) is 4.67. The molecule has 5 heteroatoms. The molecule has 0 bridgehead atoms. The monoisotopic (exact) mass is 271 g/mol. The number of esters is 1. The number of hydrogen-bond donors (Lipinski definition) is 0. The summed E-state index contributed by atoms with van der Waals surface area (Å²) in [6.45, 7) is 1.39. The molecule has 1 saturated carbocycles. The highest BCUT2D eigenvalue weighted by atomic mass is 16.5. The molecule has 2 aliphatic rings. The van der Waals surface area contributed by atoms with Crippen LogP contribution in [0.1, 0.15) is 24.8 Å². The third kappa shape index (κ3) is 1.75. The molecule has 104 valence electrons. The van der Waals surface area contributed by atoms with E-state index in [1.807, 2.05) is 0 Å². The second kappa shape index (κ2) is 4.78. The number of carbonyl (C=O) groups is 1. The van der Waals surface area contributed by atoms with Gasteiger partial charge in [0.25, 0.3) is 0 Å². The van der Waals surface area contributed by atoms with Gasteiger partial charge in [-0.3, -0.25) is 4.79 Å². The molecule has 5 nitrogen and oxygen atoms in total. The zero-order valence-corrected chi connectivity index (χ0v) is 11.5. The van der Waals surface area contributed by atoms with Gasteiger partial charge in [0.2, 0.25) is 0 Å². The van der Waals surface area contributed by atoms with E-state index in [9.17, 15) is 10.1 Å². The first kappa shape index (κ1) is 12.9. The quantitative estimate of drug-likeness (QED) is 0.766. The summed E-state index contributed by atoms with van der Waals surface area (Å²) >= 11 is 0. The molecule has 20 heavy (non-hydrogen) atoms. The molecule has 2 fully saturated rings. The number of methoxy groups -OCH3 is 1. The summed E-state index contributed by atoms with van der Waals surface area (Å²) in [4.78, 5) is 18.6. The largest absolute Gasteiger partial charge is 0.469 e. The van der Waals surface area contributed by atoms with Crippen LogP contribution in [0, 0.1) is 22.7 Å². The van der Waals surface area contributed by atoms with Crippen molar-refractivity contribution >= 4 is 11.8 Å². The van der Waals surface area contributed by atoms with Gasteiger partial charge in [-0.05, 0) is 30.9 Å². The van der Waals surface area contributed by atoms with Gasteiger partial charge in [-0.2, -0.15) is 5.26 Å². The summed E-state index contributed by atoms with van der Waals surface area (Å²) in [6, 6.07) is 5.70. The number of anilines is 1. The van der Waals surface area contributed by atoms with E-state index < -0.39 is 5.41 Å². The zero-order valence-electron chi connectivity index (χ0n) is 11.5. The molecule has 1 aliphatic heterocycles. The average molecular weight is 271 g/mol. The molecular formula is C15H17N3O2. The van der Waals surface area contributed by atoms with Gasteiger partial charge < -0.3 is 9.64 Å². The van der Waals surface area contributed by atoms with Crippen LogP contribution < -0.4 is 4.90 Å². The van der Waals surface area contributed by atoms with E-state index in [4.69, 9.17) is 4.74 Å². The van der Waals surface area contributed by atoms with E-state index in [2.05, 4.69) is 16.0 Å². The van der Waals surface area contributed by atoms with Gasteiger partial charge in [0.05, 0.1) is 18.1 Å². The van der Waals surface area contributed by atoms with Crippen molar-refractivity contribution in [2.24, 2.45) is 11.3 Å². The van der Waals surface area contributed by atoms with Crippen LogP contribution in [0.5, 0.6) is 0 Å². The van der Waals surface area contributed by atoms with Crippen LogP contribution in [-0.2, 0) is 9.53 Å². The number of fused-ring (bicyclic) bond motifs is 1. The van der Waals surface area contributed by atoms with E-state index in [-0.39, 0.29) is 5.97 Å². The van der Waals surface area contributed by atoms with Gasteiger partial charge in [-0.25, -0.2) is 4.98 Å². The molecule has 0 radical (unpaired) electrons. The lowest BCUT2D eigenvalue weighted by atomic mass is 9.81. The lowest BCUT2D eigenvalue weighted by Crippen LogP contribution is -2.37. The van der Waals surface area contributed by atoms with Crippen molar-refractivity contribution in [1.29, 1.82) is 5.26 Å². The number of hydrogen-bond acceptors (Lipinski definition) is 5. The van der Waals surface area contributed by atoms with E-state index in [0.29, 0.717) is 23.8 Å². The lowest BCUT2D eigenvalue weighted by molar-refractivity contribution is -0.152. The second-order valence-electron chi connectivity index (χ2n) is 5.60. The summed E-state index contributed by atoms with van der Waals surface area (Å²) in [6.07, 6.45) is 4.67. The van der Waals surface area contributed by atoms with Crippen molar-refractivity contribution in [3.63, 3.8) is 0 Å². The topological polar surface area (TPSA) is 66.2 Å². The van der Waals surface area contributed by atoms with Gasteiger partial charge in [0.1, 0.15) is 11.9 Å². The van der Waals surface area contributed by atoms with Crippen molar-refractivity contribution in [2.45, 2.75) is 19.3 Å². The molecule has 1 aromatic rings. The van der Waals surface area contributed by atoms with Crippen LogP contribution in [0.4, 0.5) is 5.82 Å². The Morgan fingerprint density at radius 1 is 1.65 bits per heavy atom. The number of carbonyl (C=O) groups excluding carboxylic acids is 1. The van der Waals surface area contributed by atoms with Gasteiger partial charge in [-0.15, -0.1) is 0 Å². The number of ether oxygens (including phenoxy) is 1. The van der Waals surface area contributed by atoms with Crippen molar-refractivity contribution < 1.29 is 9.53 Å². The summed E-state index contributed by atoms with van der Waals surface area (Å²) < 4.78 is 5.03. The Morgan fingerprint density at radius 2 is 2.50 bits per heavy atom. The molecule has 1 aliphatic carbocycles. The molecular weight excluding hydrogens is 254 g/mol. The van der Waals surface area contributed by atoms with E-state index >= 15 is 0 Å². The minimum Gasteiger partial charge on any atom is -0.469 e. The first-order valence-electron chi connectivity index (χ1n) is 6.90. The number of nitrogens with zero attached hydrogens (tertiary/aromatic N) is 3. The minimum absolute atomic E-state index is 0.114. The van der Waals surface area contributed by atoms with Crippen LogP contribution in [0.15, 0.2) is 18.3 Å². The maximum atomic E-state index is 12.2. The first-order chi connectivity index (χ1) is 9.71. The Hall–Kier alpha value is -2.09. The standard InChI is InChI=1S/C15H17N3O2/c1-20-14(19)15-6-2-5-12(15)9-18(10-15)13-11(8-16)4-3-7-17-13/h3-4,7,12H,2,5-6,9-10H2,1H3. The van der Waals surface area contributed by atoms with Crippen molar-refractivity contribution in [3.05, 3.63) is 23.9 Å². The predicted octanol–water partition coefficient (Wildman–Crippen LogP) is 1.73. The van der Waals surface area contributed by atoms with E-state index in [1.165, 1.54) is 7.11 Å². The van der Waals surface area contributed by atoms with Gasteiger partial charge >= 0.3 is 5.97 Å². The molecule has 2 atom stereocenters. The van der Waals surface area contributed by atoms with Crippen LogP contribution in [0.3, 0.4) is 0 Å². The smallest absolute Gasteiger partial charge is 0.313 e. The van der Waals surface area contributed by atoms with Crippen molar-refractivity contribution in [1.82, 2.24) is 4.98 Å². The van der Waals surface area contributed by atoms with Gasteiger partial charge in [-0.1, -0.05) is 6.42 Å². The maximum absolute atomic E-state index is 12.2. The van der Waals surface area contributed by atoms with E-state index in [1.54, 1.807) is 18.3 Å². The molecule has 1 aromatic heterocycles. The first-order valence-corrected chi connectivity index (χ1v) is 6.90. The SMILES string of the molecule is COC(=O)C12CCCC1CN(c1ncccc1C#N)C2. The third-order valence-corrected chi connectivity index (χ3v) is 4.67. The average Bonchev–Trinajstić information content (AvgIpc) is 3.04. The number of rotatable bonds is 2. The molecule has 0 aromatic carbocycles. The predicted molar refractivity (Wildman–Crippen MR) is 73.0 cm³/mol. The highest BCUT2D eigenvalue weighted by Gasteiger charge is 2.55. The fourth-order valence-corrected chi connectivity index (χ4v) is 3.72. The molecule has 0 N–H and O–H groups in total. The second-order valence-corrected chi connectivity index (χ2v) is 5.60. The van der Waals surface area contributed by atoms with Gasteiger partial charge in [0, 0.05) is 19.3 Å². The summed E-state index contributed by atoms with van der Waals surface area (Å²) in [5.41, 5.74) is 0.159. The molecule has 0 spiro atoms. The Morgan fingerprint density at radius 3 is 3.25 bits per heavy atom. The van der Waals surface area contributed by atoms with Crippen LogP contribution in [0.2, 0.25) is 0 Å². The summed E-state index contributed by atoms with van der Waals surface area (Å²) in [5.74, 6) is 0.883. The molecule has 2 heterocycles. The fourth-order valence-electron chi connectivity index (χ4n) is 3.72. The lowest BCUT2D eigenvalue weighted by Gasteiger charge is -2.25. The number of aromatic nitrogens is 1. The normalized spacial score (nSPS) is 28.0. The van der Waals surface area contributed by atoms with Crippen LogP contribution in [0.25, 0.3) is 0 Å². The summed E-state index contributed by atoms with van der Waals surface area (Å²) in [5, 5.41) is 9.19. The number of pyridine rings is 1. The van der Waals surface area contributed by atoms with E-state index in [0.717, 1.165) is 25.8 Å². The summed E-state index contributed by atoms with van der Waals surface area (Å²) in [7, 11) is 1.45. The highest BCUT2D eigenvalue weighted by molar-refractivity contribution is 5.80. The molecule has 1 saturated heterocycles. The Balaban J connectivity index is 1.93. The Bertz CT molecular complexity index is 581. The van der Waals surface area contributed by atoms with Gasteiger partial charge in [0.15, 0.2) is 0 Å². The zero-order chi connectivity index (χ0) is 14.2. The minimum atomic E-state index is -0.404. The highest BCUT2D eigenvalue weighted by Crippen LogP contribution is 2.50. The Labute approximate surface area is 118 Å². The molecule has 2 unspecified atom stereocenters. The van der Waals surface area contributed by atoms with Crippen molar-refractivity contribution in [2.75, 3.05) is 25.1 Å². The molecule has 0 amide bonds. The Kier molecular flexibility index (Phi) is 3.09. The maximum Gasteiger partial charge on any atom is 0.313 e. The molecule has 3 rings (SSSR count).